The summed E-state index contributed by atoms with van der Waals surface area (Å²) in [5.74, 6) is 0.995. The molecule has 0 fully saturated rings. The van der Waals surface area contributed by atoms with E-state index >= 15 is 0 Å². The monoisotopic (exact) mass is 321 g/mol. The average molecular weight is 322 g/mol. The lowest BCUT2D eigenvalue weighted by Gasteiger charge is -2.05. The summed E-state index contributed by atoms with van der Waals surface area (Å²) in [6, 6.07) is 0. The van der Waals surface area contributed by atoms with Crippen molar-refractivity contribution < 1.29 is 4.74 Å². The maximum Gasteiger partial charge on any atom is 0.183 e. The molecule has 1 aliphatic rings. The van der Waals surface area contributed by atoms with E-state index in [9.17, 15) is 0 Å². The second kappa shape index (κ2) is 14.8. The Balaban J connectivity index is 1.75. The van der Waals surface area contributed by atoms with E-state index < -0.39 is 0 Å². The van der Waals surface area contributed by atoms with Gasteiger partial charge >= 0.3 is 0 Å². The maximum atomic E-state index is 5.62. The molecular formula is C21H39NO. The fourth-order valence-electron chi connectivity index (χ4n) is 3.02. The molecule has 0 N–H and O–H groups in total. The molecule has 0 amide bonds. The standard InChI is InChI=1S/C21H39NO/c1-3-4-5-6-7-8-9-10-11-12-13-14-15-16-17-18-21-22-19-20(2)23-21/h10-11,20H,3-9,12-19H2,1-2H3/b11-10-. The lowest BCUT2D eigenvalue weighted by molar-refractivity contribution is 0.238. The minimum absolute atomic E-state index is 0.313. The molecule has 0 aromatic carbocycles. The fraction of sp³-hybridized carbons (Fsp3) is 0.857. The van der Waals surface area contributed by atoms with Crippen molar-refractivity contribution in [2.24, 2.45) is 4.99 Å². The van der Waals surface area contributed by atoms with Crippen molar-refractivity contribution in [3.63, 3.8) is 0 Å². The fourth-order valence-corrected chi connectivity index (χ4v) is 3.02. The summed E-state index contributed by atoms with van der Waals surface area (Å²) in [7, 11) is 0. The summed E-state index contributed by atoms with van der Waals surface area (Å²) in [6.45, 7) is 5.24. The van der Waals surface area contributed by atoms with Crippen molar-refractivity contribution in [2.75, 3.05) is 6.54 Å². The first-order valence-corrected chi connectivity index (χ1v) is 10.2. The van der Waals surface area contributed by atoms with Gasteiger partial charge in [0.15, 0.2) is 5.90 Å². The van der Waals surface area contributed by atoms with Crippen LogP contribution in [0.5, 0.6) is 0 Å². The molecule has 0 radical (unpaired) electrons. The number of ether oxygens (including phenoxy) is 1. The smallest absolute Gasteiger partial charge is 0.183 e. The van der Waals surface area contributed by atoms with E-state index in [-0.39, 0.29) is 0 Å². The molecule has 0 saturated heterocycles. The largest absolute Gasteiger partial charge is 0.476 e. The summed E-state index contributed by atoms with van der Waals surface area (Å²) in [6.07, 6.45) is 23.7. The second-order valence-electron chi connectivity index (χ2n) is 7.00. The molecule has 2 heteroatoms. The highest BCUT2D eigenvalue weighted by Crippen LogP contribution is 2.13. The van der Waals surface area contributed by atoms with E-state index in [2.05, 4.69) is 31.0 Å². The highest BCUT2D eigenvalue weighted by molar-refractivity contribution is 5.77. The van der Waals surface area contributed by atoms with Gasteiger partial charge in [-0.2, -0.15) is 0 Å². The van der Waals surface area contributed by atoms with Crippen LogP contribution in [-0.2, 0) is 4.74 Å². The van der Waals surface area contributed by atoms with Crippen LogP contribution in [-0.4, -0.2) is 18.5 Å². The van der Waals surface area contributed by atoms with Crippen molar-refractivity contribution in [3.05, 3.63) is 12.2 Å². The molecule has 0 aromatic heterocycles. The van der Waals surface area contributed by atoms with E-state index in [4.69, 9.17) is 4.74 Å². The van der Waals surface area contributed by atoms with E-state index in [1.54, 1.807) is 0 Å². The minimum Gasteiger partial charge on any atom is -0.476 e. The molecule has 0 bridgehead atoms. The van der Waals surface area contributed by atoms with E-state index in [1.165, 1.54) is 83.5 Å². The molecular weight excluding hydrogens is 282 g/mol. The van der Waals surface area contributed by atoms with Crippen LogP contribution < -0.4 is 0 Å². The highest BCUT2D eigenvalue weighted by atomic mass is 16.5. The quantitative estimate of drug-likeness (QED) is 0.239. The van der Waals surface area contributed by atoms with Crippen molar-refractivity contribution in [2.45, 2.75) is 110 Å². The van der Waals surface area contributed by atoms with Crippen LogP contribution in [0, 0.1) is 0 Å². The van der Waals surface area contributed by atoms with Crippen LogP contribution >= 0.6 is 0 Å². The zero-order valence-electron chi connectivity index (χ0n) is 15.7. The lowest BCUT2D eigenvalue weighted by atomic mass is 10.1. The molecule has 2 nitrogen and oxygen atoms in total. The summed E-state index contributed by atoms with van der Waals surface area (Å²) in [5, 5.41) is 0. The second-order valence-corrected chi connectivity index (χ2v) is 7.00. The summed E-state index contributed by atoms with van der Waals surface area (Å²) in [5.41, 5.74) is 0. The normalized spacial score (nSPS) is 17.7. The first kappa shape index (κ1) is 20.3. The number of hydrogen-bond acceptors (Lipinski definition) is 2. The summed E-state index contributed by atoms with van der Waals surface area (Å²) < 4.78 is 5.62. The predicted molar refractivity (Wildman–Crippen MR) is 102 cm³/mol. The third-order valence-corrected chi connectivity index (χ3v) is 4.51. The van der Waals surface area contributed by atoms with Crippen LogP contribution in [0.4, 0.5) is 0 Å². The number of nitrogens with zero attached hydrogens (tertiary/aromatic N) is 1. The van der Waals surface area contributed by atoms with Crippen LogP contribution in [0.15, 0.2) is 17.1 Å². The van der Waals surface area contributed by atoms with Crippen LogP contribution in [0.3, 0.4) is 0 Å². The minimum atomic E-state index is 0.313. The lowest BCUT2D eigenvalue weighted by Crippen LogP contribution is -2.07. The van der Waals surface area contributed by atoms with Gasteiger partial charge in [0.05, 0.1) is 6.54 Å². The van der Waals surface area contributed by atoms with E-state index in [0.717, 1.165) is 18.9 Å². The Labute approximate surface area is 144 Å². The SMILES string of the molecule is CCCCCCCC/C=C\CCCCCCCC1=NCC(C)O1. The Morgan fingerprint density at radius 2 is 1.43 bits per heavy atom. The van der Waals surface area contributed by atoms with Crippen molar-refractivity contribution in [1.29, 1.82) is 0 Å². The van der Waals surface area contributed by atoms with Gasteiger partial charge < -0.3 is 4.74 Å². The van der Waals surface area contributed by atoms with Gasteiger partial charge in [0.2, 0.25) is 0 Å². The van der Waals surface area contributed by atoms with Crippen molar-refractivity contribution in [3.8, 4) is 0 Å². The number of hydrogen-bond donors (Lipinski definition) is 0. The first-order valence-electron chi connectivity index (χ1n) is 10.2. The van der Waals surface area contributed by atoms with E-state index in [0.29, 0.717) is 6.10 Å². The Kier molecular flexibility index (Phi) is 13.0. The molecule has 0 aromatic rings. The van der Waals surface area contributed by atoms with Gasteiger partial charge in [-0.15, -0.1) is 0 Å². The Bertz CT molecular complexity index is 322. The van der Waals surface area contributed by atoms with Gasteiger partial charge in [-0.3, -0.25) is 4.99 Å². The van der Waals surface area contributed by atoms with Gasteiger partial charge in [-0.25, -0.2) is 0 Å². The highest BCUT2D eigenvalue weighted by Gasteiger charge is 2.13. The van der Waals surface area contributed by atoms with Gasteiger partial charge in [-0.05, 0) is 39.0 Å². The Morgan fingerprint density at radius 1 is 0.870 bits per heavy atom. The Morgan fingerprint density at radius 3 is 2.00 bits per heavy atom. The molecule has 1 heterocycles. The van der Waals surface area contributed by atoms with Crippen molar-refractivity contribution >= 4 is 5.90 Å². The zero-order valence-corrected chi connectivity index (χ0v) is 15.7. The van der Waals surface area contributed by atoms with Crippen LogP contribution in [0.1, 0.15) is 104 Å². The molecule has 23 heavy (non-hydrogen) atoms. The van der Waals surface area contributed by atoms with Gasteiger partial charge in [-0.1, -0.05) is 70.4 Å². The molecule has 1 rings (SSSR count). The molecule has 134 valence electrons. The van der Waals surface area contributed by atoms with Crippen LogP contribution in [0.2, 0.25) is 0 Å². The number of aliphatic imine (C=N–C) groups is 1. The number of allylic oxidation sites excluding steroid dienone is 2. The molecule has 0 aliphatic carbocycles. The molecule has 0 saturated carbocycles. The molecule has 1 unspecified atom stereocenters. The van der Waals surface area contributed by atoms with Gasteiger partial charge in [0.25, 0.3) is 0 Å². The maximum absolute atomic E-state index is 5.62. The summed E-state index contributed by atoms with van der Waals surface area (Å²) >= 11 is 0. The van der Waals surface area contributed by atoms with Gasteiger partial charge in [0, 0.05) is 6.42 Å². The average Bonchev–Trinajstić information content (AvgIpc) is 2.96. The van der Waals surface area contributed by atoms with Gasteiger partial charge in [0.1, 0.15) is 6.10 Å². The Hall–Kier alpha value is -0.790. The van der Waals surface area contributed by atoms with Crippen molar-refractivity contribution in [1.82, 2.24) is 0 Å². The number of rotatable bonds is 15. The van der Waals surface area contributed by atoms with Crippen LogP contribution in [0.25, 0.3) is 0 Å². The topological polar surface area (TPSA) is 21.6 Å². The molecule has 1 atom stereocenters. The predicted octanol–water partition coefficient (Wildman–Crippen LogP) is 6.84. The zero-order chi connectivity index (χ0) is 16.6. The molecule has 0 spiro atoms. The third kappa shape index (κ3) is 12.3. The third-order valence-electron chi connectivity index (χ3n) is 4.51. The van der Waals surface area contributed by atoms with E-state index in [1.807, 2.05) is 0 Å². The molecule has 1 aliphatic heterocycles. The number of unbranched alkanes of at least 4 members (excludes halogenated alkanes) is 11. The first-order chi connectivity index (χ1) is 11.3. The summed E-state index contributed by atoms with van der Waals surface area (Å²) in [4.78, 5) is 4.41.